The number of likely N-dealkylation sites (N-methyl/N-ethyl adjacent to an activating group) is 1. The van der Waals surface area contributed by atoms with Crippen LogP contribution in [0.4, 0.5) is 14.0 Å². The number of ketones is 1. The van der Waals surface area contributed by atoms with Crippen molar-refractivity contribution in [1.82, 2.24) is 30.1 Å². The summed E-state index contributed by atoms with van der Waals surface area (Å²) in [5.41, 5.74) is -1.42. The van der Waals surface area contributed by atoms with Gasteiger partial charge >= 0.3 is 12.2 Å². The molecule has 0 unspecified atom stereocenters. The van der Waals surface area contributed by atoms with E-state index >= 15 is 0 Å². The molecule has 16 nitrogen and oxygen atoms in total. The van der Waals surface area contributed by atoms with Crippen LogP contribution in [0.2, 0.25) is 0 Å². The third-order valence-corrected chi connectivity index (χ3v) is 12.0. The first kappa shape index (κ1) is 42.3. The molecule has 3 fully saturated rings. The van der Waals surface area contributed by atoms with Crippen molar-refractivity contribution in [3.05, 3.63) is 60.0 Å². The molecule has 4 aliphatic rings. The average molecular weight is 803 g/mol. The first-order chi connectivity index (χ1) is 26.2. The predicted octanol–water partition coefficient (Wildman–Crippen LogP) is 2.13. The predicted molar refractivity (Wildman–Crippen MR) is 200 cm³/mol. The highest BCUT2D eigenvalue weighted by molar-refractivity contribution is 7.90. The van der Waals surface area contributed by atoms with E-state index in [1.807, 2.05) is 19.0 Å². The maximum Gasteiger partial charge on any atom is 0.410 e. The molecule has 5 amide bonds. The number of benzene rings is 1. The minimum Gasteiger partial charge on any atom is -0.444 e. The van der Waals surface area contributed by atoms with Crippen molar-refractivity contribution in [2.75, 3.05) is 33.7 Å². The largest absolute Gasteiger partial charge is 0.444 e. The molecule has 0 spiro atoms. The molecule has 306 valence electrons. The van der Waals surface area contributed by atoms with Gasteiger partial charge in [-0.05, 0) is 71.7 Å². The Morgan fingerprint density at radius 3 is 2.45 bits per heavy atom. The zero-order chi connectivity index (χ0) is 41.2. The Hall–Kier alpha value is -4.84. The van der Waals surface area contributed by atoms with Gasteiger partial charge in [-0.15, -0.1) is 6.58 Å². The molecule has 1 saturated heterocycles. The minimum absolute atomic E-state index is 0.0481. The summed E-state index contributed by atoms with van der Waals surface area (Å²) in [5.74, 6) is -3.80. The van der Waals surface area contributed by atoms with Gasteiger partial charge < -0.3 is 29.9 Å². The number of hydrogen-bond acceptors (Lipinski definition) is 11. The Morgan fingerprint density at radius 1 is 1.12 bits per heavy atom. The second-order valence-electron chi connectivity index (χ2n) is 16.1. The van der Waals surface area contributed by atoms with Crippen molar-refractivity contribution in [2.45, 2.75) is 95.0 Å². The molecule has 1 aromatic rings. The fraction of sp³-hybridized carbons (Fsp3) is 0.579. The van der Waals surface area contributed by atoms with Gasteiger partial charge in [0.2, 0.25) is 27.7 Å². The van der Waals surface area contributed by atoms with Crippen LogP contribution in [0.15, 0.2) is 43.0 Å². The van der Waals surface area contributed by atoms with Crippen LogP contribution in [-0.4, -0.2) is 122 Å². The van der Waals surface area contributed by atoms with Gasteiger partial charge in [-0.2, -0.15) is 0 Å². The molecular weight excluding hydrogens is 752 g/mol. The molecule has 2 aliphatic carbocycles. The molecule has 0 radical (unpaired) electrons. The average Bonchev–Trinajstić information content (AvgIpc) is 3.99. The third kappa shape index (κ3) is 10.3. The van der Waals surface area contributed by atoms with E-state index in [1.165, 1.54) is 29.2 Å². The van der Waals surface area contributed by atoms with Crippen LogP contribution in [0.3, 0.4) is 0 Å². The van der Waals surface area contributed by atoms with E-state index in [2.05, 4.69) is 21.9 Å². The number of carbonyl (C=O) groups is 6. The molecule has 56 heavy (non-hydrogen) atoms. The van der Waals surface area contributed by atoms with E-state index in [0.29, 0.717) is 30.5 Å². The maximum absolute atomic E-state index is 14.5. The van der Waals surface area contributed by atoms with Crippen LogP contribution < -0.4 is 15.4 Å². The summed E-state index contributed by atoms with van der Waals surface area (Å²) < 4.78 is 53.2. The number of allylic oxidation sites excluding steroid dienone is 1. The van der Waals surface area contributed by atoms with Crippen LogP contribution in [0.25, 0.3) is 0 Å². The molecule has 5 atom stereocenters. The summed E-state index contributed by atoms with van der Waals surface area (Å²) in [6, 6.07) is 1.78. The number of nitrogens with zero attached hydrogens (tertiary/aromatic N) is 3. The summed E-state index contributed by atoms with van der Waals surface area (Å²) in [6.45, 7) is 8.40. The molecule has 18 heteroatoms. The number of amides is 5. The summed E-state index contributed by atoms with van der Waals surface area (Å²) in [4.78, 5) is 85.5. The zero-order valence-corrected chi connectivity index (χ0v) is 33.2. The Balaban J connectivity index is 1.38. The zero-order valence-electron chi connectivity index (χ0n) is 32.3. The highest BCUT2D eigenvalue weighted by Gasteiger charge is 2.61. The van der Waals surface area contributed by atoms with Crippen molar-refractivity contribution in [3.63, 3.8) is 0 Å². The maximum atomic E-state index is 14.5. The molecular formula is C38H51FN6O10S. The number of fused-ring (bicyclic) bond motifs is 1. The number of nitrogens with one attached hydrogen (secondary N) is 3. The molecule has 1 aromatic carbocycles. The van der Waals surface area contributed by atoms with Crippen LogP contribution in [0.1, 0.15) is 64.0 Å². The Labute approximate surface area is 326 Å². The standard InChI is InChI=1S/C38H51FN6O10S/c1-7-24-17-38(24,34(49)42-56(52,53)26-13-14-26)18-31(46)30-16-25(54-36(51)44-20-23-10-8-11-28(39)27(23)22-44)21-45(30)33(48)29(41-35(50)55-37(2,3)4)19-40-32(47)12-9-15-43(5)6/h7-12,24-26,29-30H,1,13-22H2,2-6H3,(H,40,47)(H,41,50)(H,42,49)/b12-9+/t24-,25-,29+,30+,38-/m1/s1. The van der Waals surface area contributed by atoms with E-state index in [0.717, 1.165) is 4.90 Å². The summed E-state index contributed by atoms with van der Waals surface area (Å²) in [5, 5.41) is 4.39. The van der Waals surface area contributed by atoms with Crippen molar-refractivity contribution in [2.24, 2.45) is 11.3 Å². The van der Waals surface area contributed by atoms with Gasteiger partial charge in [0.1, 0.15) is 23.6 Å². The number of carbonyl (C=O) groups excluding carboxylic acids is 6. The van der Waals surface area contributed by atoms with Crippen molar-refractivity contribution < 1.29 is 51.0 Å². The Morgan fingerprint density at radius 2 is 1.84 bits per heavy atom. The molecule has 0 aromatic heterocycles. The molecule has 5 rings (SSSR count). The lowest BCUT2D eigenvalue weighted by molar-refractivity contribution is -0.140. The second kappa shape index (κ2) is 16.7. The number of alkyl carbamates (subject to hydrolysis) is 1. The lowest BCUT2D eigenvalue weighted by Gasteiger charge is -2.30. The van der Waals surface area contributed by atoms with Crippen molar-refractivity contribution in [1.29, 1.82) is 0 Å². The van der Waals surface area contributed by atoms with E-state index in [4.69, 9.17) is 9.47 Å². The number of sulfonamides is 1. The van der Waals surface area contributed by atoms with Crippen molar-refractivity contribution in [3.8, 4) is 0 Å². The number of halogens is 1. The molecule has 2 saturated carbocycles. The molecule has 0 bridgehead atoms. The van der Waals surface area contributed by atoms with E-state index in [-0.39, 0.29) is 32.5 Å². The first-order valence-corrected chi connectivity index (χ1v) is 20.1. The van der Waals surface area contributed by atoms with Gasteiger partial charge in [0.05, 0.1) is 29.8 Å². The van der Waals surface area contributed by atoms with Gasteiger partial charge in [0.25, 0.3) is 0 Å². The van der Waals surface area contributed by atoms with E-state index < -0.39 is 105 Å². The number of likely N-dealkylation sites (tertiary alicyclic amines) is 1. The topological polar surface area (TPSA) is 201 Å². The highest BCUT2D eigenvalue weighted by atomic mass is 32.2. The monoisotopic (exact) mass is 802 g/mol. The Bertz CT molecular complexity index is 1890. The fourth-order valence-corrected chi connectivity index (χ4v) is 8.33. The number of ether oxygens (including phenoxy) is 2. The van der Waals surface area contributed by atoms with E-state index in [9.17, 15) is 41.6 Å². The quantitative estimate of drug-likeness (QED) is 0.173. The minimum atomic E-state index is -3.94. The van der Waals surface area contributed by atoms with Gasteiger partial charge in [-0.25, -0.2) is 22.4 Å². The Kier molecular flexibility index (Phi) is 12.6. The van der Waals surface area contributed by atoms with Gasteiger partial charge in [0, 0.05) is 44.1 Å². The van der Waals surface area contributed by atoms with Crippen LogP contribution in [-0.2, 0) is 51.8 Å². The van der Waals surface area contributed by atoms with Crippen LogP contribution in [0.5, 0.6) is 0 Å². The first-order valence-electron chi connectivity index (χ1n) is 18.5. The van der Waals surface area contributed by atoms with E-state index in [1.54, 1.807) is 32.9 Å². The molecule has 2 heterocycles. The van der Waals surface area contributed by atoms with Gasteiger partial charge in [0.15, 0.2) is 5.78 Å². The smallest absolute Gasteiger partial charge is 0.410 e. The summed E-state index contributed by atoms with van der Waals surface area (Å²) >= 11 is 0. The normalized spacial score (nSPS) is 23.7. The van der Waals surface area contributed by atoms with Gasteiger partial charge in [-0.1, -0.05) is 24.3 Å². The second-order valence-corrected chi connectivity index (χ2v) is 18.1. The van der Waals surface area contributed by atoms with Crippen molar-refractivity contribution >= 4 is 45.7 Å². The highest BCUT2D eigenvalue weighted by Crippen LogP contribution is 2.57. The lowest BCUT2D eigenvalue weighted by Crippen LogP contribution is -2.56. The number of hydrogen-bond donors (Lipinski definition) is 3. The van der Waals surface area contributed by atoms with Crippen LogP contribution >= 0.6 is 0 Å². The summed E-state index contributed by atoms with van der Waals surface area (Å²) in [7, 11) is -0.313. The third-order valence-electron chi connectivity index (χ3n) is 10.1. The molecule has 3 N–H and O–H groups in total. The lowest BCUT2D eigenvalue weighted by atomic mass is 9.91. The van der Waals surface area contributed by atoms with Gasteiger partial charge in [-0.3, -0.25) is 28.8 Å². The van der Waals surface area contributed by atoms with Crippen LogP contribution in [0, 0.1) is 17.2 Å². The SMILES string of the molecule is C=C[C@@H]1C[C@]1(CC(=O)[C@@H]1C[C@@H](OC(=O)N2Cc3cccc(F)c3C2)CN1C(=O)[C@H](CNC(=O)/C=C/CN(C)C)NC(=O)OC(C)(C)C)C(=O)NS(=O)(=O)C1CC1. The number of Topliss-reactive ketones (excluding diaryl/α,β-unsaturated/α-hetero) is 1. The number of rotatable bonds is 15. The fourth-order valence-electron chi connectivity index (χ4n) is 6.95. The molecule has 2 aliphatic heterocycles. The summed E-state index contributed by atoms with van der Waals surface area (Å²) in [6.07, 6.45) is 1.87.